The number of nitrogens with zero attached hydrogens (tertiary/aromatic N) is 1. The van der Waals surface area contributed by atoms with Gasteiger partial charge in [0.2, 0.25) is 0 Å². The number of hydrogen-bond acceptors (Lipinski definition) is 4. The van der Waals surface area contributed by atoms with Crippen LogP contribution in [0.25, 0.3) is 0 Å². The molecule has 0 saturated carbocycles. The zero-order valence-electron chi connectivity index (χ0n) is 18.1. The molecule has 2 atom stereocenters. The summed E-state index contributed by atoms with van der Waals surface area (Å²) < 4.78 is 11.6. The number of hydrogen-bond donors (Lipinski definition) is 1. The topological polar surface area (TPSA) is 50.8 Å². The second-order valence-corrected chi connectivity index (χ2v) is 7.99. The van der Waals surface area contributed by atoms with Crippen molar-refractivity contribution in [3.8, 4) is 5.75 Å². The Hall–Kier alpha value is -1.59. The number of carbonyl (C=O) groups excluding carboxylic acids is 1. The number of ether oxygens (including phenoxy) is 2. The Balaban J connectivity index is 1.75. The van der Waals surface area contributed by atoms with Crippen molar-refractivity contribution in [2.45, 2.75) is 77.9 Å². The molecule has 1 heterocycles. The van der Waals surface area contributed by atoms with Gasteiger partial charge in [0.15, 0.2) is 0 Å². The quantitative estimate of drug-likeness (QED) is 0.548. The summed E-state index contributed by atoms with van der Waals surface area (Å²) in [6, 6.07) is 8.29. The van der Waals surface area contributed by atoms with Gasteiger partial charge in [0, 0.05) is 24.9 Å². The van der Waals surface area contributed by atoms with Crippen LogP contribution >= 0.6 is 0 Å². The van der Waals surface area contributed by atoms with Crippen LogP contribution < -0.4 is 10.1 Å². The maximum absolute atomic E-state index is 12.6. The predicted octanol–water partition coefficient (Wildman–Crippen LogP) is 4.86. The number of likely N-dealkylation sites (tertiary alicyclic amines) is 1. The average Bonchev–Trinajstić information content (AvgIpc) is 2.71. The Morgan fingerprint density at radius 2 is 1.96 bits per heavy atom. The molecule has 1 aliphatic heterocycles. The summed E-state index contributed by atoms with van der Waals surface area (Å²) >= 11 is 0. The highest BCUT2D eigenvalue weighted by molar-refractivity contribution is 5.97. The van der Waals surface area contributed by atoms with Crippen molar-refractivity contribution in [1.82, 2.24) is 4.90 Å². The van der Waals surface area contributed by atoms with Gasteiger partial charge in [-0.05, 0) is 76.8 Å². The molecule has 1 fully saturated rings. The first-order valence-corrected chi connectivity index (χ1v) is 10.9. The van der Waals surface area contributed by atoms with Crippen LogP contribution in [0.2, 0.25) is 0 Å². The van der Waals surface area contributed by atoms with E-state index in [-0.39, 0.29) is 5.91 Å². The van der Waals surface area contributed by atoms with Gasteiger partial charge in [-0.25, -0.2) is 0 Å². The monoisotopic (exact) mass is 390 g/mol. The molecule has 158 valence electrons. The molecule has 0 bridgehead atoms. The smallest absolute Gasteiger partial charge is 0.256 e. The molecular weight excluding hydrogens is 352 g/mol. The Kier molecular flexibility index (Phi) is 9.26. The van der Waals surface area contributed by atoms with E-state index in [1.807, 2.05) is 45.0 Å². The van der Waals surface area contributed by atoms with E-state index in [4.69, 9.17) is 9.47 Å². The van der Waals surface area contributed by atoms with Gasteiger partial charge in [-0.15, -0.1) is 0 Å². The summed E-state index contributed by atoms with van der Waals surface area (Å²) in [5.74, 6) is 0.734. The molecule has 1 aromatic rings. The maximum Gasteiger partial charge on any atom is 0.256 e. The van der Waals surface area contributed by atoms with Gasteiger partial charge in [-0.3, -0.25) is 4.79 Å². The van der Waals surface area contributed by atoms with Gasteiger partial charge >= 0.3 is 0 Å². The molecule has 0 spiro atoms. The first-order chi connectivity index (χ1) is 13.5. The summed E-state index contributed by atoms with van der Waals surface area (Å²) in [6.07, 6.45) is 6.56. The first-order valence-electron chi connectivity index (χ1n) is 10.9. The second kappa shape index (κ2) is 11.4. The van der Waals surface area contributed by atoms with E-state index in [9.17, 15) is 4.79 Å². The van der Waals surface area contributed by atoms with Gasteiger partial charge in [-0.2, -0.15) is 0 Å². The molecule has 0 radical (unpaired) electrons. The summed E-state index contributed by atoms with van der Waals surface area (Å²) in [5, 5.41) is 2.96. The largest absolute Gasteiger partial charge is 0.494 e. The van der Waals surface area contributed by atoms with Crippen molar-refractivity contribution >= 4 is 11.6 Å². The normalized spacial score (nSPS) is 19.8. The number of piperidine rings is 1. The highest BCUT2D eigenvalue weighted by Crippen LogP contribution is 2.21. The minimum Gasteiger partial charge on any atom is -0.494 e. The molecule has 1 saturated heterocycles. The SMILES string of the molecule is CCCO[C@@](C)(CC)C(=O)Nc1ccc(OCCCN2CCCC[C@@H]2C)cc1. The number of nitrogens with one attached hydrogen (secondary N) is 1. The van der Waals surface area contributed by atoms with Crippen LogP contribution in [0.3, 0.4) is 0 Å². The van der Waals surface area contributed by atoms with Crippen LogP contribution in [-0.4, -0.2) is 48.8 Å². The lowest BCUT2D eigenvalue weighted by Crippen LogP contribution is -2.42. The van der Waals surface area contributed by atoms with E-state index in [0.717, 1.165) is 30.8 Å². The third kappa shape index (κ3) is 6.78. The number of benzene rings is 1. The molecule has 2 rings (SSSR count). The summed E-state index contributed by atoms with van der Waals surface area (Å²) in [6.45, 7) is 11.8. The molecule has 5 nitrogen and oxygen atoms in total. The number of carbonyl (C=O) groups is 1. The number of anilines is 1. The van der Waals surface area contributed by atoms with Gasteiger partial charge < -0.3 is 19.7 Å². The lowest BCUT2D eigenvalue weighted by Gasteiger charge is -2.33. The molecule has 0 unspecified atom stereocenters. The standard InChI is InChI=1S/C23H38N2O3/c1-5-17-28-23(4,6-2)22(26)24-20-11-13-21(14-12-20)27-18-9-16-25-15-8-7-10-19(25)3/h11-14,19H,5-10,15-18H2,1-4H3,(H,24,26)/t19-,23-/m0/s1. The van der Waals surface area contributed by atoms with Gasteiger partial charge in [0.1, 0.15) is 11.4 Å². The van der Waals surface area contributed by atoms with Crippen LogP contribution in [0.1, 0.15) is 66.2 Å². The van der Waals surface area contributed by atoms with Crippen molar-refractivity contribution in [3.63, 3.8) is 0 Å². The van der Waals surface area contributed by atoms with Crippen LogP contribution in [0.5, 0.6) is 5.75 Å². The molecular formula is C23H38N2O3. The van der Waals surface area contributed by atoms with Crippen molar-refractivity contribution in [3.05, 3.63) is 24.3 Å². The minimum absolute atomic E-state index is 0.104. The predicted molar refractivity (Wildman–Crippen MR) is 115 cm³/mol. The second-order valence-electron chi connectivity index (χ2n) is 7.99. The highest BCUT2D eigenvalue weighted by atomic mass is 16.5. The Bertz CT molecular complexity index is 590. The van der Waals surface area contributed by atoms with Crippen LogP contribution in [0, 0.1) is 0 Å². The number of amides is 1. The van der Waals surface area contributed by atoms with Crippen LogP contribution in [0.15, 0.2) is 24.3 Å². The van der Waals surface area contributed by atoms with E-state index in [1.54, 1.807) is 0 Å². The first kappa shape index (κ1) is 22.7. The van der Waals surface area contributed by atoms with E-state index < -0.39 is 5.60 Å². The molecule has 1 aromatic carbocycles. The summed E-state index contributed by atoms with van der Waals surface area (Å²) in [7, 11) is 0. The third-order valence-corrected chi connectivity index (χ3v) is 5.69. The molecule has 5 heteroatoms. The van der Waals surface area contributed by atoms with E-state index in [2.05, 4.69) is 17.1 Å². The molecule has 1 aliphatic rings. The fourth-order valence-corrected chi connectivity index (χ4v) is 3.50. The highest BCUT2D eigenvalue weighted by Gasteiger charge is 2.32. The van der Waals surface area contributed by atoms with E-state index in [0.29, 0.717) is 25.7 Å². The van der Waals surface area contributed by atoms with Crippen molar-refractivity contribution in [2.75, 3.05) is 31.6 Å². The average molecular weight is 391 g/mol. The number of rotatable bonds is 11. The van der Waals surface area contributed by atoms with Crippen molar-refractivity contribution in [2.24, 2.45) is 0 Å². The van der Waals surface area contributed by atoms with E-state index in [1.165, 1.54) is 25.8 Å². The fraction of sp³-hybridized carbons (Fsp3) is 0.696. The van der Waals surface area contributed by atoms with E-state index >= 15 is 0 Å². The van der Waals surface area contributed by atoms with Crippen LogP contribution in [-0.2, 0) is 9.53 Å². The maximum atomic E-state index is 12.6. The summed E-state index contributed by atoms with van der Waals surface area (Å²) in [4.78, 5) is 15.1. The van der Waals surface area contributed by atoms with Gasteiger partial charge in [-0.1, -0.05) is 20.3 Å². The Morgan fingerprint density at radius 1 is 1.21 bits per heavy atom. The zero-order valence-corrected chi connectivity index (χ0v) is 18.1. The Morgan fingerprint density at radius 3 is 2.61 bits per heavy atom. The molecule has 28 heavy (non-hydrogen) atoms. The van der Waals surface area contributed by atoms with Crippen LogP contribution in [0.4, 0.5) is 5.69 Å². The summed E-state index contributed by atoms with van der Waals surface area (Å²) in [5.41, 5.74) is -0.0317. The lowest BCUT2D eigenvalue weighted by atomic mass is 10.0. The molecule has 0 aliphatic carbocycles. The Labute approximate surface area is 170 Å². The van der Waals surface area contributed by atoms with Crippen molar-refractivity contribution < 1.29 is 14.3 Å². The minimum atomic E-state index is -0.795. The van der Waals surface area contributed by atoms with Gasteiger partial charge in [0.25, 0.3) is 5.91 Å². The fourth-order valence-electron chi connectivity index (χ4n) is 3.50. The molecule has 1 amide bonds. The van der Waals surface area contributed by atoms with Crippen molar-refractivity contribution in [1.29, 1.82) is 0 Å². The van der Waals surface area contributed by atoms with Gasteiger partial charge in [0.05, 0.1) is 6.61 Å². The molecule has 1 N–H and O–H groups in total. The third-order valence-electron chi connectivity index (χ3n) is 5.69. The molecule has 0 aromatic heterocycles. The lowest BCUT2D eigenvalue weighted by molar-refractivity contribution is -0.139. The zero-order chi connectivity index (χ0) is 20.4.